The summed E-state index contributed by atoms with van der Waals surface area (Å²) in [5.74, 6) is 0. The van der Waals surface area contributed by atoms with Gasteiger partial charge in [0.15, 0.2) is 0 Å². The molecular weight excluding hydrogens is 346 g/mol. The van der Waals surface area contributed by atoms with Crippen molar-refractivity contribution in [3.8, 4) is 0 Å². The van der Waals surface area contributed by atoms with E-state index in [4.69, 9.17) is 0 Å². The summed E-state index contributed by atoms with van der Waals surface area (Å²) in [7, 11) is 0. The molecular formula is C16H19Cl3Ti. The van der Waals surface area contributed by atoms with Gasteiger partial charge >= 0.3 is 116 Å². The minimum atomic E-state index is 0. The van der Waals surface area contributed by atoms with Crippen LogP contribution >= 0.6 is 0 Å². The molecule has 0 aliphatic heterocycles. The van der Waals surface area contributed by atoms with Crippen molar-refractivity contribution in [1.29, 1.82) is 0 Å². The fourth-order valence-corrected chi connectivity index (χ4v) is 3.39. The van der Waals surface area contributed by atoms with Crippen LogP contribution in [0.3, 0.4) is 0 Å². The van der Waals surface area contributed by atoms with Crippen LogP contribution in [0.1, 0.15) is 30.5 Å². The van der Waals surface area contributed by atoms with Crippen LogP contribution < -0.4 is 37.2 Å². The predicted octanol–water partition coefficient (Wildman–Crippen LogP) is -4.58. The zero-order chi connectivity index (χ0) is 12.7. The first-order valence-electron chi connectivity index (χ1n) is 6.07. The number of hydrogen-bond acceptors (Lipinski definition) is 0. The van der Waals surface area contributed by atoms with Gasteiger partial charge in [0.1, 0.15) is 0 Å². The van der Waals surface area contributed by atoms with Crippen molar-refractivity contribution in [2.45, 2.75) is 36.8 Å². The van der Waals surface area contributed by atoms with Crippen molar-refractivity contribution in [2.24, 2.45) is 0 Å². The van der Waals surface area contributed by atoms with Crippen molar-refractivity contribution in [3.05, 3.63) is 59.2 Å². The molecule has 1 aromatic carbocycles. The maximum absolute atomic E-state index is 2.35. The fourth-order valence-electron chi connectivity index (χ4n) is 2.89. The second kappa shape index (κ2) is 8.06. The first-order chi connectivity index (χ1) is 7.88. The number of benzene rings is 1. The number of hydrogen-bond donors (Lipinski definition) is 0. The first kappa shape index (κ1) is 22.6. The minimum absolute atomic E-state index is 0. The summed E-state index contributed by atoms with van der Waals surface area (Å²) in [4.78, 5) is 0. The molecule has 0 saturated carbocycles. The van der Waals surface area contributed by atoms with Crippen molar-refractivity contribution < 1.29 is 57.7 Å². The topological polar surface area (TPSA) is 0 Å². The molecule has 0 bridgehead atoms. The predicted molar refractivity (Wildman–Crippen MR) is 69.9 cm³/mol. The minimum Gasteiger partial charge on any atom is -1.00 e. The average molecular weight is 366 g/mol. The molecule has 0 spiro atoms. The van der Waals surface area contributed by atoms with Gasteiger partial charge in [0.2, 0.25) is 0 Å². The van der Waals surface area contributed by atoms with Gasteiger partial charge in [0, 0.05) is 0 Å². The summed E-state index contributed by atoms with van der Waals surface area (Å²) in [5, 5.41) is 0. The molecule has 0 radical (unpaired) electrons. The molecule has 0 unspecified atom stereocenters. The van der Waals surface area contributed by atoms with Crippen molar-refractivity contribution in [2.75, 3.05) is 0 Å². The van der Waals surface area contributed by atoms with Gasteiger partial charge in [-0.15, -0.1) is 0 Å². The van der Waals surface area contributed by atoms with E-state index in [0.717, 1.165) is 0 Å². The van der Waals surface area contributed by atoms with Crippen molar-refractivity contribution >= 4 is 0 Å². The van der Waals surface area contributed by atoms with E-state index in [-0.39, 0.29) is 46.4 Å². The third-order valence-electron chi connectivity index (χ3n) is 3.97. The number of rotatable bonds is 2. The van der Waals surface area contributed by atoms with E-state index < -0.39 is 0 Å². The third-order valence-corrected chi connectivity index (χ3v) is 5.47. The quantitative estimate of drug-likeness (QED) is 0.463. The number of halogens is 3. The molecule has 0 nitrogen and oxygen atoms in total. The zero-order valence-electron chi connectivity index (χ0n) is 12.2. The standard InChI is InChI=1S/C16H19.3ClH.Ti/c1-12-8-7-9-13(2)15(12)16(3,4)14-10-5-6-11-14;;;;/h5-11H,1-4H3;3*1H;/q;;;;+3/p-3. The molecule has 108 valence electrons. The van der Waals surface area contributed by atoms with Crippen LogP contribution in [-0.4, -0.2) is 0 Å². The molecule has 0 amide bonds. The molecule has 0 aromatic heterocycles. The molecule has 4 heteroatoms. The smallest absolute Gasteiger partial charge is 1.00 e. The molecule has 0 heterocycles. The molecule has 20 heavy (non-hydrogen) atoms. The van der Waals surface area contributed by atoms with Crippen LogP contribution in [0.5, 0.6) is 0 Å². The monoisotopic (exact) mass is 364 g/mol. The Morgan fingerprint density at radius 1 is 0.900 bits per heavy atom. The van der Waals surface area contributed by atoms with Crippen LogP contribution in [0.15, 0.2) is 42.5 Å². The Hall–Kier alpha value is 0.284. The Morgan fingerprint density at radius 3 is 1.70 bits per heavy atom. The van der Waals surface area contributed by atoms with Crippen LogP contribution in [0.2, 0.25) is 3.72 Å². The number of allylic oxidation sites excluding steroid dienone is 4. The van der Waals surface area contributed by atoms with Gasteiger partial charge in [-0.2, -0.15) is 0 Å². The van der Waals surface area contributed by atoms with E-state index in [1.165, 1.54) is 16.7 Å². The van der Waals surface area contributed by atoms with Crippen LogP contribution in [0.25, 0.3) is 0 Å². The van der Waals surface area contributed by atoms with Gasteiger partial charge in [-0.1, -0.05) is 0 Å². The molecule has 1 aliphatic carbocycles. The molecule has 0 N–H and O–H groups in total. The zero-order valence-corrected chi connectivity index (χ0v) is 16.0. The van der Waals surface area contributed by atoms with E-state index in [9.17, 15) is 0 Å². The van der Waals surface area contributed by atoms with Gasteiger partial charge in [0.05, 0.1) is 0 Å². The third kappa shape index (κ3) is 3.73. The Kier molecular flexibility index (Phi) is 9.09. The maximum Gasteiger partial charge on any atom is -1.00 e. The van der Waals surface area contributed by atoms with E-state index >= 15 is 0 Å². The normalized spacial score (nSPS) is 15.1. The van der Waals surface area contributed by atoms with Gasteiger partial charge in [-0.25, -0.2) is 0 Å². The molecule has 1 aromatic rings. The second-order valence-electron chi connectivity index (χ2n) is 5.48. The van der Waals surface area contributed by atoms with E-state index in [2.05, 4.69) is 90.6 Å². The summed E-state index contributed by atoms with van der Waals surface area (Å²) < 4.78 is 0.115. The fraction of sp³-hybridized carbons (Fsp3) is 0.375. The second-order valence-corrected chi connectivity index (χ2v) is 6.77. The molecule has 0 saturated heterocycles. The Morgan fingerprint density at radius 2 is 1.30 bits per heavy atom. The largest absolute Gasteiger partial charge is 1.00 e. The summed E-state index contributed by atoms with van der Waals surface area (Å²) in [6.45, 7) is 9.14. The van der Waals surface area contributed by atoms with Gasteiger partial charge in [-0.05, 0) is 0 Å². The average Bonchev–Trinajstić information content (AvgIpc) is 2.66. The molecule has 1 aliphatic rings. The van der Waals surface area contributed by atoms with Crippen LogP contribution in [0, 0.1) is 13.8 Å². The Balaban J connectivity index is 0. The van der Waals surface area contributed by atoms with Crippen LogP contribution in [0.4, 0.5) is 0 Å². The summed E-state index contributed by atoms with van der Waals surface area (Å²) in [5.41, 5.74) is 4.39. The summed E-state index contributed by atoms with van der Waals surface area (Å²) in [6.07, 6.45) is 8.96. The van der Waals surface area contributed by atoms with Crippen molar-refractivity contribution in [3.63, 3.8) is 0 Å². The molecule has 0 atom stereocenters. The summed E-state index contributed by atoms with van der Waals surface area (Å²) >= 11 is 2.32. The first-order valence-corrected chi connectivity index (χ1v) is 6.85. The van der Waals surface area contributed by atoms with Gasteiger partial charge < -0.3 is 37.2 Å². The van der Waals surface area contributed by atoms with Gasteiger partial charge in [0.25, 0.3) is 0 Å². The molecule has 2 rings (SSSR count). The molecule has 0 fully saturated rings. The number of aryl methyl sites for hydroxylation is 2. The van der Waals surface area contributed by atoms with E-state index in [0.29, 0.717) is 0 Å². The maximum atomic E-state index is 2.35. The van der Waals surface area contributed by atoms with Gasteiger partial charge in [-0.3, -0.25) is 0 Å². The Labute approximate surface area is 153 Å². The van der Waals surface area contributed by atoms with E-state index in [1.807, 2.05) is 0 Å². The Bertz CT molecular complexity index is 472. The van der Waals surface area contributed by atoms with Crippen LogP contribution in [-0.2, 0) is 25.9 Å². The van der Waals surface area contributed by atoms with E-state index in [1.54, 1.807) is 0 Å². The summed E-state index contributed by atoms with van der Waals surface area (Å²) in [6, 6.07) is 6.58. The SMILES string of the molecule is Cc1cccc(C)c1C(C)(C)[C]1([Ti+3])C=CC=C1.[Cl-].[Cl-].[Cl-]. The van der Waals surface area contributed by atoms with Crippen molar-refractivity contribution in [1.82, 2.24) is 0 Å².